The SMILES string of the molecule is O=C(Nc1ccc(F)c(F)c1F)C1CC(=O)N(c2ccc(F)cc2)C1. The molecule has 1 N–H and O–H groups in total. The molecular weight excluding hydrogens is 340 g/mol. The van der Waals surface area contributed by atoms with E-state index in [0.29, 0.717) is 11.8 Å². The van der Waals surface area contributed by atoms with Crippen molar-refractivity contribution in [1.82, 2.24) is 0 Å². The van der Waals surface area contributed by atoms with Crippen LogP contribution in [0.3, 0.4) is 0 Å². The number of nitrogens with one attached hydrogen (secondary N) is 1. The molecular formula is C17H12F4N2O2. The van der Waals surface area contributed by atoms with Crippen molar-refractivity contribution in [2.75, 3.05) is 16.8 Å². The highest BCUT2D eigenvalue weighted by atomic mass is 19.2. The van der Waals surface area contributed by atoms with E-state index < -0.39 is 40.8 Å². The van der Waals surface area contributed by atoms with Crippen LogP contribution >= 0.6 is 0 Å². The first kappa shape index (κ1) is 16.9. The monoisotopic (exact) mass is 352 g/mol. The fraction of sp³-hybridized carbons (Fsp3) is 0.176. The van der Waals surface area contributed by atoms with Crippen LogP contribution in [0, 0.1) is 29.2 Å². The van der Waals surface area contributed by atoms with Crippen LogP contribution in [0.25, 0.3) is 0 Å². The van der Waals surface area contributed by atoms with E-state index >= 15 is 0 Å². The van der Waals surface area contributed by atoms with E-state index in [1.165, 1.54) is 29.2 Å². The van der Waals surface area contributed by atoms with E-state index in [4.69, 9.17) is 0 Å². The van der Waals surface area contributed by atoms with Crippen molar-refractivity contribution < 1.29 is 27.2 Å². The zero-order valence-corrected chi connectivity index (χ0v) is 12.7. The lowest BCUT2D eigenvalue weighted by atomic mass is 10.1. The molecule has 8 heteroatoms. The largest absolute Gasteiger partial charge is 0.323 e. The minimum absolute atomic E-state index is 0.0155. The van der Waals surface area contributed by atoms with Crippen molar-refractivity contribution in [3.8, 4) is 0 Å². The number of carbonyl (C=O) groups is 2. The second-order valence-electron chi connectivity index (χ2n) is 5.59. The molecule has 2 aromatic carbocycles. The zero-order valence-electron chi connectivity index (χ0n) is 12.7. The summed E-state index contributed by atoms with van der Waals surface area (Å²) in [6, 6.07) is 6.78. The number of nitrogens with zero attached hydrogens (tertiary/aromatic N) is 1. The summed E-state index contributed by atoms with van der Waals surface area (Å²) in [7, 11) is 0. The Balaban J connectivity index is 1.73. The topological polar surface area (TPSA) is 49.4 Å². The molecule has 4 nitrogen and oxygen atoms in total. The van der Waals surface area contributed by atoms with Gasteiger partial charge in [0.1, 0.15) is 5.82 Å². The van der Waals surface area contributed by atoms with Crippen LogP contribution < -0.4 is 10.2 Å². The minimum Gasteiger partial charge on any atom is -0.323 e. The Morgan fingerprint density at radius 2 is 1.68 bits per heavy atom. The van der Waals surface area contributed by atoms with E-state index in [0.717, 1.165) is 6.07 Å². The van der Waals surface area contributed by atoms with Crippen LogP contribution in [0.5, 0.6) is 0 Å². The highest BCUT2D eigenvalue weighted by Crippen LogP contribution is 2.27. The lowest BCUT2D eigenvalue weighted by Gasteiger charge is -2.16. The van der Waals surface area contributed by atoms with Gasteiger partial charge in [0, 0.05) is 18.7 Å². The van der Waals surface area contributed by atoms with Crippen LogP contribution in [0.4, 0.5) is 28.9 Å². The Hall–Kier alpha value is -2.90. The van der Waals surface area contributed by atoms with Crippen molar-refractivity contribution in [2.45, 2.75) is 6.42 Å². The van der Waals surface area contributed by atoms with E-state index in [-0.39, 0.29) is 18.9 Å². The maximum absolute atomic E-state index is 13.6. The number of halogens is 4. The lowest BCUT2D eigenvalue weighted by Crippen LogP contribution is -2.28. The molecule has 0 bridgehead atoms. The minimum atomic E-state index is -1.69. The van der Waals surface area contributed by atoms with Gasteiger partial charge in [-0.2, -0.15) is 0 Å². The van der Waals surface area contributed by atoms with Gasteiger partial charge in [-0.05, 0) is 36.4 Å². The first-order valence-corrected chi connectivity index (χ1v) is 7.37. The fourth-order valence-corrected chi connectivity index (χ4v) is 2.61. The molecule has 3 rings (SSSR count). The molecule has 1 aliphatic heterocycles. The summed E-state index contributed by atoms with van der Waals surface area (Å²) in [5, 5.41) is 2.16. The summed E-state index contributed by atoms with van der Waals surface area (Å²) in [5.41, 5.74) is -0.0720. The molecule has 1 atom stereocenters. The Morgan fingerprint density at radius 1 is 1.00 bits per heavy atom. The van der Waals surface area contributed by atoms with Crippen LogP contribution in [0.15, 0.2) is 36.4 Å². The molecule has 1 unspecified atom stereocenters. The molecule has 25 heavy (non-hydrogen) atoms. The van der Waals surface area contributed by atoms with E-state index in [1.807, 2.05) is 0 Å². The molecule has 0 saturated carbocycles. The van der Waals surface area contributed by atoms with Crippen molar-refractivity contribution in [3.63, 3.8) is 0 Å². The second kappa shape index (κ2) is 6.54. The van der Waals surface area contributed by atoms with E-state index in [9.17, 15) is 27.2 Å². The quantitative estimate of drug-likeness (QED) is 0.681. The first-order chi connectivity index (χ1) is 11.9. The first-order valence-electron chi connectivity index (χ1n) is 7.37. The third kappa shape index (κ3) is 3.33. The molecule has 2 amide bonds. The predicted molar refractivity (Wildman–Crippen MR) is 81.8 cm³/mol. The summed E-state index contributed by atoms with van der Waals surface area (Å²) >= 11 is 0. The molecule has 0 spiro atoms. The summed E-state index contributed by atoms with van der Waals surface area (Å²) in [4.78, 5) is 25.6. The number of amides is 2. The third-order valence-electron chi connectivity index (χ3n) is 3.93. The molecule has 0 aromatic heterocycles. The van der Waals surface area contributed by atoms with Gasteiger partial charge in [-0.25, -0.2) is 17.6 Å². The smallest absolute Gasteiger partial charge is 0.229 e. The molecule has 2 aromatic rings. The average Bonchev–Trinajstić information content (AvgIpc) is 2.98. The highest BCUT2D eigenvalue weighted by molar-refractivity contribution is 6.03. The number of hydrogen-bond donors (Lipinski definition) is 1. The Morgan fingerprint density at radius 3 is 2.36 bits per heavy atom. The van der Waals surface area contributed by atoms with Crippen LogP contribution in [0.1, 0.15) is 6.42 Å². The van der Waals surface area contributed by atoms with Crippen molar-refractivity contribution in [1.29, 1.82) is 0 Å². The Bertz CT molecular complexity index is 839. The Kier molecular flexibility index (Phi) is 4.43. The maximum atomic E-state index is 13.6. The summed E-state index contributed by atoms with van der Waals surface area (Å²) in [6.07, 6.45) is -0.130. The fourth-order valence-electron chi connectivity index (χ4n) is 2.61. The van der Waals surface area contributed by atoms with Crippen LogP contribution in [0.2, 0.25) is 0 Å². The number of anilines is 2. The van der Waals surface area contributed by atoms with Gasteiger partial charge in [0.15, 0.2) is 17.5 Å². The second-order valence-corrected chi connectivity index (χ2v) is 5.59. The van der Waals surface area contributed by atoms with Gasteiger partial charge < -0.3 is 10.2 Å². The molecule has 0 radical (unpaired) electrons. The maximum Gasteiger partial charge on any atom is 0.229 e. The summed E-state index contributed by atoms with van der Waals surface area (Å²) in [6.45, 7) is 0.0155. The summed E-state index contributed by atoms with van der Waals surface area (Å²) in [5.74, 6) is -6.86. The number of carbonyl (C=O) groups excluding carboxylic acids is 2. The molecule has 1 aliphatic rings. The molecule has 0 aliphatic carbocycles. The molecule has 1 fully saturated rings. The van der Waals surface area contributed by atoms with Crippen molar-refractivity contribution in [3.05, 3.63) is 59.7 Å². The molecule has 1 heterocycles. The third-order valence-corrected chi connectivity index (χ3v) is 3.93. The van der Waals surface area contributed by atoms with Gasteiger partial charge in [0.2, 0.25) is 11.8 Å². The van der Waals surface area contributed by atoms with Gasteiger partial charge in [0.05, 0.1) is 11.6 Å². The van der Waals surface area contributed by atoms with E-state index in [2.05, 4.69) is 5.32 Å². The number of rotatable bonds is 3. The average molecular weight is 352 g/mol. The zero-order chi connectivity index (χ0) is 18.1. The van der Waals surface area contributed by atoms with Gasteiger partial charge >= 0.3 is 0 Å². The predicted octanol–water partition coefficient (Wildman–Crippen LogP) is 3.23. The Labute approximate surface area is 140 Å². The number of hydrogen-bond acceptors (Lipinski definition) is 2. The number of benzene rings is 2. The molecule has 1 saturated heterocycles. The van der Waals surface area contributed by atoms with Gasteiger partial charge in [-0.3, -0.25) is 9.59 Å². The summed E-state index contributed by atoms with van der Waals surface area (Å²) < 4.78 is 52.7. The van der Waals surface area contributed by atoms with Gasteiger partial charge in [0.25, 0.3) is 0 Å². The standard InChI is InChI=1S/C17H12F4N2O2/c18-10-1-3-11(4-2-10)23-8-9(7-14(23)24)17(25)22-13-6-5-12(19)15(20)16(13)21/h1-6,9H,7-8H2,(H,22,25). The van der Waals surface area contributed by atoms with Crippen molar-refractivity contribution >= 4 is 23.2 Å². The molecule has 130 valence electrons. The van der Waals surface area contributed by atoms with E-state index in [1.54, 1.807) is 0 Å². The lowest BCUT2D eigenvalue weighted by molar-refractivity contribution is -0.122. The van der Waals surface area contributed by atoms with Crippen molar-refractivity contribution in [2.24, 2.45) is 5.92 Å². The van der Waals surface area contributed by atoms with Crippen LogP contribution in [-0.2, 0) is 9.59 Å². The van der Waals surface area contributed by atoms with Gasteiger partial charge in [-0.1, -0.05) is 0 Å². The highest BCUT2D eigenvalue weighted by Gasteiger charge is 2.35. The van der Waals surface area contributed by atoms with Crippen LogP contribution in [-0.4, -0.2) is 18.4 Å². The van der Waals surface area contributed by atoms with Gasteiger partial charge in [-0.15, -0.1) is 0 Å². The normalized spacial score (nSPS) is 17.0.